The third-order valence-electron chi connectivity index (χ3n) is 9.85. The number of carbonyl (C=O) groups excluding carboxylic acids is 3. The van der Waals surface area contributed by atoms with Crippen LogP contribution < -0.4 is 0 Å². The molecule has 0 bridgehead atoms. The number of carbonyl (C=O) groups is 3. The minimum Gasteiger partial charge on any atom is -0.449 e. The fourth-order valence-corrected chi connectivity index (χ4v) is 8.04. The third-order valence-corrected chi connectivity index (χ3v) is 9.85. The highest BCUT2D eigenvalue weighted by atomic mass is 19.4. The average molecular weight is 425 g/mol. The van der Waals surface area contributed by atoms with E-state index in [1.54, 1.807) is 0 Å². The summed E-state index contributed by atoms with van der Waals surface area (Å²) in [5.41, 5.74) is -0.853. The second-order valence-corrected chi connectivity index (χ2v) is 11.2. The molecule has 0 saturated heterocycles. The maximum Gasteiger partial charge on any atom is 0.478 e. The molecule has 0 N–H and O–H groups in total. The predicted molar refractivity (Wildman–Crippen MR) is 109 cm³/mol. The molecular formula is C23H33BF3O3-. The molecule has 168 valence electrons. The number of rotatable bonds is 4. The molecule has 7 heteroatoms. The van der Waals surface area contributed by atoms with E-state index in [0.717, 1.165) is 19.3 Å². The molecule has 0 spiro atoms. The van der Waals surface area contributed by atoms with Gasteiger partial charge in [-0.25, -0.2) is 0 Å². The molecule has 3 nitrogen and oxygen atoms in total. The third kappa shape index (κ3) is 3.29. The van der Waals surface area contributed by atoms with E-state index in [1.165, 1.54) is 0 Å². The first-order valence-electron chi connectivity index (χ1n) is 11.7. The first-order chi connectivity index (χ1) is 13.9. The van der Waals surface area contributed by atoms with Crippen LogP contribution >= 0.6 is 0 Å². The van der Waals surface area contributed by atoms with Gasteiger partial charge in [0, 0.05) is 37.0 Å². The van der Waals surface area contributed by atoms with Crippen molar-refractivity contribution >= 4 is 24.3 Å². The first kappa shape index (κ1) is 22.1. The van der Waals surface area contributed by atoms with Gasteiger partial charge >= 0.3 is 6.98 Å². The van der Waals surface area contributed by atoms with Crippen molar-refractivity contribution in [2.75, 3.05) is 0 Å². The molecule has 0 amide bonds. The summed E-state index contributed by atoms with van der Waals surface area (Å²) in [5.74, 6) is 0.0712. The van der Waals surface area contributed by atoms with E-state index < -0.39 is 18.7 Å². The van der Waals surface area contributed by atoms with Crippen molar-refractivity contribution in [2.45, 2.75) is 78.5 Å². The van der Waals surface area contributed by atoms with Crippen molar-refractivity contribution in [3.63, 3.8) is 0 Å². The van der Waals surface area contributed by atoms with Crippen LogP contribution in [-0.4, -0.2) is 24.3 Å². The van der Waals surface area contributed by atoms with Gasteiger partial charge in [-0.15, -0.1) is 0 Å². The van der Waals surface area contributed by atoms with Crippen LogP contribution in [0.25, 0.3) is 0 Å². The SMILES string of the molecule is C[C@H](CC[B-](F)(F)F)[C@H]1CC[C@H]2[C@@H]3C(=O)C[C@@H]4CC(=O)CC[C@]4(C)[C@H]3CC(=O)[C@]12C. The van der Waals surface area contributed by atoms with Gasteiger partial charge < -0.3 is 12.9 Å². The largest absolute Gasteiger partial charge is 0.478 e. The zero-order valence-electron chi connectivity index (χ0n) is 18.3. The molecule has 0 radical (unpaired) electrons. The Hall–Kier alpha value is -1.14. The van der Waals surface area contributed by atoms with Gasteiger partial charge in [-0.05, 0) is 54.3 Å². The molecule has 0 heterocycles. The molecule has 0 aromatic heterocycles. The Morgan fingerprint density at radius 2 is 1.73 bits per heavy atom. The van der Waals surface area contributed by atoms with Crippen LogP contribution in [0.15, 0.2) is 0 Å². The number of Topliss-reactive ketones (excluding diaryl/α,β-unsaturated/α-hetero) is 3. The van der Waals surface area contributed by atoms with Crippen LogP contribution in [0.3, 0.4) is 0 Å². The van der Waals surface area contributed by atoms with E-state index >= 15 is 0 Å². The smallest absolute Gasteiger partial charge is 0.449 e. The standard InChI is InChI=1S/C23H33BF3O3/c1-13(7-9-24(25,26)27)16-4-5-17-21-18(12-20(30)23(16,17)3)22(2)8-6-15(28)10-14(22)11-19(21)29/h13-14,16-18,21H,4-12H2,1-3H3/q-1/t13-,14+,16-,17+,18+,21+,22+,23-/m1/s1. The van der Waals surface area contributed by atoms with Crippen molar-refractivity contribution in [1.82, 2.24) is 0 Å². The summed E-state index contributed by atoms with van der Waals surface area (Å²) in [7, 11) is 0. The zero-order chi connectivity index (χ0) is 22.1. The lowest BCUT2D eigenvalue weighted by Gasteiger charge is -2.58. The molecule has 4 fully saturated rings. The van der Waals surface area contributed by atoms with Crippen LogP contribution in [0, 0.1) is 46.3 Å². The second kappa shape index (κ2) is 7.20. The predicted octanol–water partition coefficient (Wildman–Crippen LogP) is 5.45. The van der Waals surface area contributed by atoms with Crippen LogP contribution in [0.4, 0.5) is 12.9 Å². The van der Waals surface area contributed by atoms with Gasteiger partial charge in [0.25, 0.3) is 0 Å². The fraction of sp³-hybridized carbons (Fsp3) is 0.870. The summed E-state index contributed by atoms with van der Waals surface area (Å²) in [5, 5.41) is 0. The summed E-state index contributed by atoms with van der Waals surface area (Å²) in [6, 6.07) is 0. The maximum absolute atomic E-state index is 13.6. The lowest BCUT2D eigenvalue weighted by atomic mass is 9.44. The minimum absolute atomic E-state index is 0.0185. The lowest BCUT2D eigenvalue weighted by molar-refractivity contribution is -0.166. The topological polar surface area (TPSA) is 51.2 Å². The maximum atomic E-state index is 13.6. The Morgan fingerprint density at radius 1 is 1.03 bits per heavy atom. The van der Waals surface area contributed by atoms with Crippen molar-refractivity contribution in [3.05, 3.63) is 0 Å². The van der Waals surface area contributed by atoms with Gasteiger partial charge in [0.05, 0.1) is 0 Å². The molecule has 4 saturated carbocycles. The monoisotopic (exact) mass is 425 g/mol. The second-order valence-electron chi connectivity index (χ2n) is 11.2. The average Bonchev–Trinajstić information content (AvgIpc) is 3.00. The highest BCUT2D eigenvalue weighted by Crippen LogP contribution is 2.66. The Labute approximate surface area is 177 Å². The van der Waals surface area contributed by atoms with Crippen LogP contribution in [-0.2, 0) is 14.4 Å². The van der Waals surface area contributed by atoms with Crippen LogP contribution in [0.5, 0.6) is 0 Å². The van der Waals surface area contributed by atoms with E-state index in [1.807, 2.05) is 13.8 Å². The van der Waals surface area contributed by atoms with Gasteiger partial charge in [0.1, 0.15) is 17.3 Å². The summed E-state index contributed by atoms with van der Waals surface area (Å²) >= 11 is 0. The molecule has 4 aliphatic rings. The highest BCUT2D eigenvalue weighted by Gasteiger charge is 2.66. The summed E-state index contributed by atoms with van der Waals surface area (Å²) in [4.78, 5) is 38.9. The van der Waals surface area contributed by atoms with Gasteiger partial charge in [-0.2, -0.15) is 0 Å². The Balaban J connectivity index is 1.61. The molecule has 0 aliphatic heterocycles. The van der Waals surface area contributed by atoms with E-state index in [2.05, 4.69) is 6.92 Å². The van der Waals surface area contributed by atoms with Crippen molar-refractivity contribution in [1.29, 1.82) is 0 Å². The summed E-state index contributed by atoms with van der Waals surface area (Å²) in [6.45, 7) is 1.14. The minimum atomic E-state index is -4.82. The van der Waals surface area contributed by atoms with Crippen molar-refractivity contribution in [3.8, 4) is 0 Å². The molecule has 8 atom stereocenters. The van der Waals surface area contributed by atoms with Gasteiger partial charge in [-0.3, -0.25) is 14.4 Å². The molecule has 0 unspecified atom stereocenters. The van der Waals surface area contributed by atoms with Crippen molar-refractivity contribution < 1.29 is 27.3 Å². The fourth-order valence-electron chi connectivity index (χ4n) is 8.04. The van der Waals surface area contributed by atoms with E-state index in [4.69, 9.17) is 0 Å². The number of halogens is 3. The molecule has 0 aromatic rings. The van der Waals surface area contributed by atoms with Gasteiger partial charge in [0.2, 0.25) is 0 Å². The highest BCUT2D eigenvalue weighted by molar-refractivity contribution is 6.58. The number of hydrogen-bond acceptors (Lipinski definition) is 3. The number of hydrogen-bond donors (Lipinski definition) is 0. The normalized spacial score (nSPS) is 45.0. The Kier molecular flexibility index (Phi) is 5.29. The van der Waals surface area contributed by atoms with Crippen molar-refractivity contribution in [2.24, 2.45) is 46.3 Å². The van der Waals surface area contributed by atoms with E-state index in [9.17, 15) is 27.3 Å². The van der Waals surface area contributed by atoms with Crippen LogP contribution in [0.1, 0.15) is 72.1 Å². The van der Waals surface area contributed by atoms with Gasteiger partial charge in [-0.1, -0.05) is 33.5 Å². The quantitative estimate of drug-likeness (QED) is 0.563. The Bertz CT molecular complexity index is 765. The molecular weight excluding hydrogens is 392 g/mol. The van der Waals surface area contributed by atoms with Crippen LogP contribution in [0.2, 0.25) is 6.32 Å². The molecule has 0 aromatic carbocycles. The lowest BCUT2D eigenvalue weighted by Crippen LogP contribution is -2.60. The Morgan fingerprint density at radius 3 is 2.40 bits per heavy atom. The summed E-state index contributed by atoms with van der Waals surface area (Å²) < 4.78 is 38.5. The van der Waals surface area contributed by atoms with Gasteiger partial charge in [0.15, 0.2) is 0 Å². The first-order valence-corrected chi connectivity index (χ1v) is 11.7. The molecule has 30 heavy (non-hydrogen) atoms. The van der Waals surface area contributed by atoms with E-state index in [0.29, 0.717) is 25.7 Å². The molecule has 4 rings (SSSR count). The molecule has 4 aliphatic carbocycles. The summed E-state index contributed by atoms with van der Waals surface area (Å²) in [6.07, 6.45) is 3.26. The number of fused-ring (bicyclic) bond motifs is 5. The van der Waals surface area contributed by atoms with E-state index in [-0.39, 0.29) is 64.7 Å². The number of ketones is 3. The zero-order valence-corrected chi connectivity index (χ0v) is 18.3.